The van der Waals surface area contributed by atoms with Gasteiger partial charge in [0.1, 0.15) is 6.10 Å². The van der Waals surface area contributed by atoms with Crippen LogP contribution in [0, 0.1) is 0 Å². The minimum absolute atomic E-state index is 0.00676. The van der Waals surface area contributed by atoms with Crippen molar-refractivity contribution in [1.82, 2.24) is 4.90 Å². The summed E-state index contributed by atoms with van der Waals surface area (Å²) in [6.07, 6.45) is -0.921. The van der Waals surface area contributed by atoms with Crippen molar-refractivity contribution in [2.45, 2.75) is 24.0 Å². The van der Waals surface area contributed by atoms with Crippen molar-refractivity contribution >= 4 is 5.91 Å². The highest BCUT2D eigenvalue weighted by atomic mass is 16.3. The number of likely N-dealkylation sites (N-methyl/N-ethyl adjacent to an activating group) is 1. The molecule has 1 amide bonds. The maximum absolute atomic E-state index is 12.2. The molecule has 1 aliphatic heterocycles. The van der Waals surface area contributed by atoms with Crippen LogP contribution in [-0.4, -0.2) is 35.1 Å². The number of aliphatic hydroxyl groups excluding tert-OH is 1. The maximum atomic E-state index is 12.2. The van der Waals surface area contributed by atoms with Gasteiger partial charge in [0.05, 0.1) is 6.04 Å². The molecule has 2 aromatic carbocycles. The number of hydrogen-bond donors (Lipinski definition) is 1. The molecule has 0 spiro atoms. The van der Waals surface area contributed by atoms with Crippen molar-refractivity contribution in [2.75, 3.05) is 7.05 Å². The molecular weight excluding hydrogens is 262 g/mol. The molecule has 0 radical (unpaired) electrons. The molecule has 4 rings (SSSR count). The molecular formula is C18H17NO2. The zero-order chi connectivity index (χ0) is 14.6. The van der Waals surface area contributed by atoms with Crippen molar-refractivity contribution in [1.29, 1.82) is 0 Å². The smallest absolute Gasteiger partial charge is 0.252 e. The van der Waals surface area contributed by atoms with Crippen LogP contribution in [0.2, 0.25) is 0 Å². The summed E-state index contributed by atoms with van der Waals surface area (Å²) in [5, 5.41) is 10.4. The molecule has 0 unspecified atom stereocenters. The lowest BCUT2D eigenvalue weighted by molar-refractivity contribution is -0.134. The molecule has 106 valence electrons. The van der Waals surface area contributed by atoms with E-state index in [1.807, 2.05) is 36.4 Å². The van der Waals surface area contributed by atoms with Crippen molar-refractivity contribution in [2.24, 2.45) is 0 Å². The Morgan fingerprint density at radius 3 is 2.29 bits per heavy atom. The number of nitrogens with zero attached hydrogens (tertiary/aromatic N) is 1. The Balaban J connectivity index is 1.92. The summed E-state index contributed by atoms with van der Waals surface area (Å²) in [4.78, 5) is 13.9. The van der Waals surface area contributed by atoms with Crippen LogP contribution in [0.3, 0.4) is 0 Å². The van der Waals surface area contributed by atoms with E-state index in [0.29, 0.717) is 0 Å². The first-order chi connectivity index (χ1) is 10.2. The fourth-order valence-corrected chi connectivity index (χ4v) is 4.04. The Kier molecular flexibility index (Phi) is 2.66. The van der Waals surface area contributed by atoms with Crippen LogP contribution in [0.1, 0.15) is 28.5 Å². The second-order valence-corrected chi connectivity index (χ2v) is 5.93. The number of aliphatic hydroxyl groups is 1. The lowest BCUT2D eigenvalue weighted by atomic mass is 9.88. The predicted molar refractivity (Wildman–Crippen MR) is 80.0 cm³/mol. The molecule has 1 heterocycles. The second kappa shape index (κ2) is 4.43. The van der Waals surface area contributed by atoms with Crippen LogP contribution in [0.15, 0.2) is 54.6 Å². The van der Waals surface area contributed by atoms with Crippen LogP contribution < -0.4 is 0 Å². The molecule has 0 saturated carbocycles. The standard InChI is InChI=1S/C18H17NO2/c1-19-16-14(11-7-3-2-4-8-11)12-9-5-6-10-13(12)15(16)17(20)18(19)21/h2-10,14-17,20H,1H3/t14-,15+,16-,17+/m0/s1. The van der Waals surface area contributed by atoms with Gasteiger partial charge in [0.25, 0.3) is 5.91 Å². The normalized spacial score (nSPS) is 30.4. The van der Waals surface area contributed by atoms with Crippen molar-refractivity contribution in [3.8, 4) is 0 Å². The summed E-state index contributed by atoms with van der Waals surface area (Å²) in [7, 11) is 1.80. The number of rotatable bonds is 1. The van der Waals surface area contributed by atoms with Gasteiger partial charge in [0.15, 0.2) is 0 Å². The average Bonchev–Trinajstić information content (AvgIpc) is 2.98. The average molecular weight is 279 g/mol. The maximum Gasteiger partial charge on any atom is 0.252 e. The van der Waals surface area contributed by atoms with Gasteiger partial charge in [-0.05, 0) is 16.7 Å². The van der Waals surface area contributed by atoms with Gasteiger partial charge in [0.2, 0.25) is 0 Å². The lowest BCUT2D eigenvalue weighted by Gasteiger charge is -2.26. The third kappa shape index (κ3) is 1.61. The quantitative estimate of drug-likeness (QED) is 0.868. The summed E-state index contributed by atoms with van der Waals surface area (Å²) >= 11 is 0. The fraction of sp³-hybridized carbons (Fsp3) is 0.278. The van der Waals surface area contributed by atoms with Gasteiger partial charge < -0.3 is 10.0 Å². The van der Waals surface area contributed by atoms with E-state index < -0.39 is 6.10 Å². The third-order valence-electron chi connectivity index (χ3n) is 4.95. The first-order valence-corrected chi connectivity index (χ1v) is 7.28. The Hall–Kier alpha value is -2.13. The highest BCUT2D eigenvalue weighted by Crippen LogP contribution is 2.52. The highest BCUT2D eigenvalue weighted by molar-refractivity contribution is 5.86. The van der Waals surface area contributed by atoms with E-state index in [0.717, 1.165) is 5.56 Å². The van der Waals surface area contributed by atoms with Crippen LogP contribution in [-0.2, 0) is 4.79 Å². The van der Waals surface area contributed by atoms with Crippen LogP contribution >= 0.6 is 0 Å². The van der Waals surface area contributed by atoms with E-state index in [2.05, 4.69) is 18.2 Å². The Morgan fingerprint density at radius 1 is 0.952 bits per heavy atom. The minimum atomic E-state index is -0.921. The van der Waals surface area contributed by atoms with Gasteiger partial charge in [0, 0.05) is 18.9 Å². The minimum Gasteiger partial charge on any atom is -0.383 e. The Morgan fingerprint density at radius 2 is 1.57 bits per heavy atom. The summed E-state index contributed by atoms with van der Waals surface area (Å²) in [5.74, 6) is -0.150. The molecule has 0 bridgehead atoms. The molecule has 1 fully saturated rings. The van der Waals surface area contributed by atoms with Gasteiger partial charge >= 0.3 is 0 Å². The zero-order valence-corrected chi connectivity index (χ0v) is 11.8. The number of carbonyl (C=O) groups excluding carboxylic acids is 1. The van der Waals surface area contributed by atoms with Gasteiger partial charge in [-0.15, -0.1) is 0 Å². The van der Waals surface area contributed by atoms with E-state index >= 15 is 0 Å². The summed E-state index contributed by atoms with van der Waals surface area (Å²) in [5.41, 5.74) is 3.55. The SMILES string of the molecule is CN1C(=O)[C@H](O)[C@@H]2c3ccccc3[C@H](c3ccccc3)[C@@H]21. The van der Waals surface area contributed by atoms with E-state index in [1.54, 1.807) is 11.9 Å². The molecule has 21 heavy (non-hydrogen) atoms. The number of benzene rings is 2. The fourth-order valence-electron chi connectivity index (χ4n) is 4.04. The monoisotopic (exact) mass is 279 g/mol. The molecule has 2 aliphatic rings. The Labute approximate surface area is 123 Å². The van der Waals surface area contributed by atoms with Crippen LogP contribution in [0.5, 0.6) is 0 Å². The molecule has 2 aromatic rings. The van der Waals surface area contributed by atoms with E-state index in [9.17, 15) is 9.90 Å². The number of carbonyl (C=O) groups is 1. The third-order valence-corrected chi connectivity index (χ3v) is 4.95. The predicted octanol–water partition coefficient (Wildman–Crippen LogP) is 2.12. The summed E-state index contributed by atoms with van der Waals surface area (Å²) in [6, 6.07) is 18.5. The molecule has 3 nitrogen and oxygen atoms in total. The molecule has 4 atom stereocenters. The van der Waals surface area contributed by atoms with E-state index in [1.165, 1.54) is 11.1 Å². The van der Waals surface area contributed by atoms with Gasteiger partial charge in [-0.1, -0.05) is 54.6 Å². The van der Waals surface area contributed by atoms with Gasteiger partial charge in [-0.25, -0.2) is 0 Å². The zero-order valence-electron chi connectivity index (χ0n) is 11.8. The van der Waals surface area contributed by atoms with Crippen LogP contribution in [0.25, 0.3) is 0 Å². The van der Waals surface area contributed by atoms with Crippen LogP contribution in [0.4, 0.5) is 0 Å². The largest absolute Gasteiger partial charge is 0.383 e. The summed E-state index contributed by atoms with van der Waals surface area (Å²) < 4.78 is 0. The molecule has 1 aliphatic carbocycles. The second-order valence-electron chi connectivity index (χ2n) is 5.93. The number of likely N-dealkylation sites (tertiary alicyclic amines) is 1. The number of amides is 1. The number of hydrogen-bond acceptors (Lipinski definition) is 2. The first kappa shape index (κ1) is 12.6. The molecule has 1 saturated heterocycles. The molecule has 1 N–H and O–H groups in total. The van der Waals surface area contributed by atoms with Crippen molar-refractivity contribution in [3.63, 3.8) is 0 Å². The Bertz CT molecular complexity index is 697. The topological polar surface area (TPSA) is 40.5 Å². The van der Waals surface area contributed by atoms with E-state index in [-0.39, 0.29) is 23.8 Å². The lowest BCUT2D eigenvalue weighted by Crippen LogP contribution is -2.34. The van der Waals surface area contributed by atoms with Gasteiger partial charge in [-0.2, -0.15) is 0 Å². The molecule has 0 aromatic heterocycles. The van der Waals surface area contributed by atoms with Crippen molar-refractivity contribution in [3.05, 3.63) is 71.3 Å². The van der Waals surface area contributed by atoms with Gasteiger partial charge in [-0.3, -0.25) is 4.79 Å². The van der Waals surface area contributed by atoms with E-state index in [4.69, 9.17) is 0 Å². The van der Waals surface area contributed by atoms with Crippen molar-refractivity contribution < 1.29 is 9.90 Å². The molecule has 3 heteroatoms. The highest BCUT2D eigenvalue weighted by Gasteiger charge is 2.55. The number of fused-ring (bicyclic) bond motifs is 3. The summed E-state index contributed by atoms with van der Waals surface area (Å²) in [6.45, 7) is 0. The first-order valence-electron chi connectivity index (χ1n) is 7.28.